The van der Waals surface area contributed by atoms with E-state index in [0.717, 1.165) is 48.4 Å². The molecule has 0 spiro atoms. The smallest absolute Gasteiger partial charge is 0.125 e. The van der Waals surface area contributed by atoms with Crippen LogP contribution >= 0.6 is 22.6 Å². The maximum atomic E-state index is 14.0. The van der Waals surface area contributed by atoms with E-state index < -0.39 is 0 Å². The van der Waals surface area contributed by atoms with Crippen molar-refractivity contribution in [3.8, 4) is 15.6 Å². The minimum Gasteiger partial charge on any atom is -0.494 e. The fourth-order valence-corrected chi connectivity index (χ4v) is 4.53. The van der Waals surface area contributed by atoms with E-state index in [9.17, 15) is 4.39 Å². The molecule has 0 saturated heterocycles. The minimum absolute atomic E-state index is 0.209. The van der Waals surface area contributed by atoms with Crippen molar-refractivity contribution in [2.75, 3.05) is 11.9 Å². The number of aryl methyl sites for hydroxylation is 1. The highest BCUT2D eigenvalue weighted by Gasteiger charge is 2.28. The van der Waals surface area contributed by atoms with E-state index in [-0.39, 0.29) is 11.2 Å². The summed E-state index contributed by atoms with van der Waals surface area (Å²) in [5.74, 6) is 4.13. The predicted octanol–water partition coefficient (Wildman–Crippen LogP) is 8.03. The Morgan fingerprint density at radius 2 is 1.75 bits per heavy atom. The van der Waals surface area contributed by atoms with Crippen LogP contribution in [-0.2, 0) is 11.8 Å². The fourth-order valence-electron chi connectivity index (χ4n) is 4.02. The Morgan fingerprint density at radius 1 is 1.00 bits per heavy atom. The van der Waals surface area contributed by atoms with Gasteiger partial charge in [0.1, 0.15) is 11.6 Å². The first-order chi connectivity index (χ1) is 15.6. The first-order valence-electron chi connectivity index (χ1n) is 11.1. The first-order valence-corrected chi connectivity index (χ1v) is 12.1. The molecule has 3 aromatic carbocycles. The van der Waals surface area contributed by atoms with Crippen molar-refractivity contribution in [2.45, 2.75) is 44.9 Å². The lowest BCUT2D eigenvalue weighted by atomic mass is 9.74. The number of ether oxygens (including phenoxy) is 1. The molecule has 4 heteroatoms. The zero-order valence-corrected chi connectivity index (χ0v) is 20.8. The van der Waals surface area contributed by atoms with E-state index in [4.69, 9.17) is 4.74 Å². The largest absolute Gasteiger partial charge is 0.494 e. The van der Waals surface area contributed by atoms with Gasteiger partial charge in [-0.15, -0.1) is 0 Å². The van der Waals surface area contributed by atoms with Crippen LogP contribution in [0, 0.1) is 15.7 Å². The molecule has 0 aliphatic heterocycles. The molecule has 0 aromatic heterocycles. The third-order valence-corrected chi connectivity index (χ3v) is 6.05. The van der Waals surface area contributed by atoms with Crippen molar-refractivity contribution in [1.29, 1.82) is 0 Å². The second-order valence-electron chi connectivity index (χ2n) is 7.76. The maximum Gasteiger partial charge on any atom is 0.125 e. The normalized spacial score (nSPS) is 12.4. The summed E-state index contributed by atoms with van der Waals surface area (Å²) >= 11 is 2.13. The molecule has 1 N–H and O–H groups in total. The number of benzene rings is 3. The summed E-state index contributed by atoms with van der Waals surface area (Å²) in [7, 11) is 0. The minimum atomic E-state index is -0.236. The summed E-state index contributed by atoms with van der Waals surface area (Å²) in [5, 5.41) is 3.37. The van der Waals surface area contributed by atoms with E-state index in [1.807, 2.05) is 55.5 Å². The summed E-state index contributed by atoms with van der Waals surface area (Å²) in [6, 6.07) is 23.2. The van der Waals surface area contributed by atoms with Crippen molar-refractivity contribution in [3.05, 3.63) is 89.7 Å². The molecule has 0 bridgehead atoms. The Morgan fingerprint density at radius 3 is 2.41 bits per heavy atom. The van der Waals surface area contributed by atoms with E-state index in [2.05, 4.69) is 56.8 Å². The van der Waals surface area contributed by atoms with Crippen LogP contribution in [0.25, 0.3) is 0 Å². The quantitative estimate of drug-likeness (QED) is 0.207. The van der Waals surface area contributed by atoms with Crippen LogP contribution in [0.1, 0.15) is 44.2 Å². The summed E-state index contributed by atoms with van der Waals surface area (Å²) in [6.07, 6.45) is 3.64. The molecule has 2 nitrogen and oxygen atoms in total. The highest BCUT2D eigenvalue weighted by molar-refractivity contribution is 14.1. The van der Waals surface area contributed by atoms with E-state index in [1.165, 1.54) is 11.6 Å². The zero-order chi connectivity index (χ0) is 22.8. The Kier molecular flexibility index (Phi) is 8.99. The topological polar surface area (TPSA) is 21.3 Å². The summed E-state index contributed by atoms with van der Waals surface area (Å²) in [4.78, 5) is 0. The predicted molar refractivity (Wildman–Crippen MR) is 140 cm³/mol. The molecule has 0 saturated carbocycles. The van der Waals surface area contributed by atoms with Crippen molar-refractivity contribution >= 4 is 34.0 Å². The molecule has 0 fully saturated rings. The molecule has 0 aliphatic carbocycles. The fraction of sp³-hybridized carbons (Fsp3) is 0.286. The zero-order valence-electron chi connectivity index (χ0n) is 18.6. The van der Waals surface area contributed by atoms with Crippen molar-refractivity contribution in [2.24, 2.45) is 0 Å². The Hall–Kier alpha value is -2.52. The molecule has 0 heterocycles. The van der Waals surface area contributed by atoms with Gasteiger partial charge in [0.25, 0.3) is 0 Å². The summed E-state index contributed by atoms with van der Waals surface area (Å²) in [5.41, 5.74) is 3.88. The molecular weight excluding hydrogens is 512 g/mol. The van der Waals surface area contributed by atoms with Crippen molar-refractivity contribution < 1.29 is 9.13 Å². The lowest BCUT2D eigenvalue weighted by Crippen LogP contribution is -2.23. The number of hydrogen-bond acceptors (Lipinski definition) is 2. The molecule has 0 amide bonds. The van der Waals surface area contributed by atoms with Gasteiger partial charge in [0, 0.05) is 34.0 Å². The van der Waals surface area contributed by atoms with E-state index in [0.29, 0.717) is 6.61 Å². The van der Waals surface area contributed by atoms with Crippen LogP contribution in [0.5, 0.6) is 5.75 Å². The molecule has 1 unspecified atom stereocenters. The highest BCUT2D eigenvalue weighted by Crippen LogP contribution is 2.35. The molecular formula is C28H29FINO. The average molecular weight is 541 g/mol. The highest BCUT2D eigenvalue weighted by atomic mass is 127. The van der Waals surface area contributed by atoms with Gasteiger partial charge in [0.05, 0.1) is 12.0 Å². The molecule has 0 aliphatic rings. The van der Waals surface area contributed by atoms with Gasteiger partial charge in [-0.3, -0.25) is 0 Å². The summed E-state index contributed by atoms with van der Waals surface area (Å²) < 4.78 is 22.7. The van der Waals surface area contributed by atoms with Crippen LogP contribution in [0.4, 0.5) is 15.8 Å². The molecule has 3 rings (SSSR count). The lowest BCUT2D eigenvalue weighted by molar-refractivity contribution is 0.340. The number of hydrogen-bond donors (Lipinski definition) is 1. The van der Waals surface area contributed by atoms with Gasteiger partial charge < -0.3 is 10.1 Å². The summed E-state index contributed by atoms with van der Waals surface area (Å²) in [6.45, 7) is 4.84. The number of para-hydroxylation sites is 1. The Labute approximate surface area is 204 Å². The van der Waals surface area contributed by atoms with Crippen LogP contribution in [-0.4, -0.2) is 6.61 Å². The second-order valence-corrected chi connectivity index (χ2v) is 8.30. The van der Waals surface area contributed by atoms with Crippen LogP contribution in [0.3, 0.4) is 0 Å². The third kappa shape index (κ3) is 6.26. The third-order valence-electron chi connectivity index (χ3n) is 5.78. The monoisotopic (exact) mass is 541 g/mol. The van der Waals surface area contributed by atoms with E-state index >= 15 is 0 Å². The maximum absolute atomic E-state index is 14.0. The SMILES string of the molecule is CCOc1ccc(C(C#CI)(CC)CCCc2ccc(F)cc2Nc2ccccc2)cc1. The number of nitrogens with one attached hydrogen (secondary N) is 1. The number of halogens is 2. The number of anilines is 2. The Bertz CT molecular complexity index is 1060. The second kappa shape index (κ2) is 11.9. The van der Waals surface area contributed by atoms with Gasteiger partial charge in [0.2, 0.25) is 0 Å². The number of rotatable bonds is 10. The molecule has 32 heavy (non-hydrogen) atoms. The standard InChI is InChI=1S/C28H29FINO/c1-3-28(19-20-30,23-13-16-26(17-14-23)32-4-2)18-8-9-22-12-15-24(29)21-27(22)31-25-10-6-5-7-11-25/h5-7,10-17,21,31H,3-4,8-9,18H2,1-2H3. The van der Waals surface area contributed by atoms with Gasteiger partial charge >= 0.3 is 0 Å². The lowest BCUT2D eigenvalue weighted by Gasteiger charge is -2.28. The van der Waals surface area contributed by atoms with Crippen LogP contribution in [0.2, 0.25) is 0 Å². The van der Waals surface area contributed by atoms with E-state index in [1.54, 1.807) is 6.07 Å². The van der Waals surface area contributed by atoms with Crippen LogP contribution < -0.4 is 10.1 Å². The first kappa shape index (κ1) is 24.1. The molecule has 0 radical (unpaired) electrons. The van der Waals surface area contributed by atoms with Crippen molar-refractivity contribution in [3.63, 3.8) is 0 Å². The van der Waals surface area contributed by atoms with Gasteiger partial charge in [-0.25, -0.2) is 4.39 Å². The van der Waals surface area contributed by atoms with Gasteiger partial charge in [0.15, 0.2) is 0 Å². The molecule has 1 atom stereocenters. The van der Waals surface area contributed by atoms with Crippen LogP contribution in [0.15, 0.2) is 72.8 Å². The van der Waals surface area contributed by atoms with Gasteiger partial charge in [-0.05, 0) is 84.1 Å². The van der Waals surface area contributed by atoms with Crippen molar-refractivity contribution in [1.82, 2.24) is 0 Å². The van der Waals surface area contributed by atoms with Gasteiger partial charge in [-0.2, -0.15) is 0 Å². The molecule has 3 aromatic rings. The molecule has 166 valence electrons. The van der Waals surface area contributed by atoms with Gasteiger partial charge in [-0.1, -0.05) is 49.2 Å². The Balaban J connectivity index is 1.77. The average Bonchev–Trinajstić information content (AvgIpc) is 2.81.